The molecule has 1 aromatic rings. The third-order valence-electron chi connectivity index (χ3n) is 2.02. The minimum atomic E-state index is -0.666. The van der Waals surface area contributed by atoms with Gasteiger partial charge in [-0.25, -0.2) is 4.39 Å². The Morgan fingerprint density at radius 1 is 1.40 bits per heavy atom. The van der Waals surface area contributed by atoms with E-state index in [-0.39, 0.29) is 5.56 Å². The molecule has 0 bridgehead atoms. The number of carbonyl (C=O) groups excluding carboxylic acids is 2. The number of ether oxygens (including phenoxy) is 1. The average Bonchev–Trinajstić information content (AvgIpc) is 2.21. The van der Waals surface area contributed by atoms with Crippen molar-refractivity contribution in [3.05, 3.63) is 35.1 Å². The average molecular weight is 210 g/mol. The second-order valence-corrected chi connectivity index (χ2v) is 3.11. The van der Waals surface area contributed by atoms with Crippen LogP contribution in [0.4, 0.5) is 4.39 Å². The van der Waals surface area contributed by atoms with E-state index in [1.54, 1.807) is 19.1 Å². The fourth-order valence-electron chi connectivity index (χ4n) is 1.16. The predicted molar refractivity (Wildman–Crippen MR) is 52.1 cm³/mol. The van der Waals surface area contributed by atoms with Gasteiger partial charge in [0.15, 0.2) is 5.78 Å². The van der Waals surface area contributed by atoms with E-state index in [1.165, 1.54) is 13.2 Å². The Hall–Kier alpha value is -1.71. The third-order valence-corrected chi connectivity index (χ3v) is 2.02. The highest BCUT2D eigenvalue weighted by molar-refractivity contribution is 6.06. The first-order valence-corrected chi connectivity index (χ1v) is 4.41. The number of rotatable bonds is 3. The van der Waals surface area contributed by atoms with Crippen molar-refractivity contribution in [1.29, 1.82) is 0 Å². The molecule has 4 heteroatoms. The number of esters is 1. The summed E-state index contributed by atoms with van der Waals surface area (Å²) in [7, 11) is 1.18. The van der Waals surface area contributed by atoms with Gasteiger partial charge < -0.3 is 4.74 Å². The number of carbonyl (C=O) groups is 2. The molecule has 0 saturated carbocycles. The van der Waals surface area contributed by atoms with Crippen molar-refractivity contribution in [1.82, 2.24) is 0 Å². The van der Waals surface area contributed by atoms with Gasteiger partial charge in [-0.2, -0.15) is 0 Å². The summed E-state index contributed by atoms with van der Waals surface area (Å²) in [6.07, 6.45) is -0.434. The van der Waals surface area contributed by atoms with Gasteiger partial charge in [0, 0.05) is 0 Å². The van der Waals surface area contributed by atoms with Gasteiger partial charge in [-0.05, 0) is 18.6 Å². The Morgan fingerprint density at radius 3 is 2.67 bits per heavy atom. The van der Waals surface area contributed by atoms with Gasteiger partial charge in [-0.1, -0.05) is 12.1 Å². The zero-order valence-corrected chi connectivity index (χ0v) is 8.54. The number of ketones is 1. The van der Waals surface area contributed by atoms with Crippen LogP contribution in [0.25, 0.3) is 0 Å². The van der Waals surface area contributed by atoms with Gasteiger partial charge in [0.1, 0.15) is 12.2 Å². The highest BCUT2D eigenvalue weighted by Gasteiger charge is 2.16. The summed E-state index contributed by atoms with van der Waals surface area (Å²) in [5.41, 5.74) is 0.311. The number of methoxy groups -OCH3 is 1. The van der Waals surface area contributed by atoms with Crippen LogP contribution in [0.1, 0.15) is 22.3 Å². The van der Waals surface area contributed by atoms with Gasteiger partial charge in [0.2, 0.25) is 0 Å². The fourth-order valence-corrected chi connectivity index (χ4v) is 1.16. The van der Waals surface area contributed by atoms with Crippen molar-refractivity contribution in [2.45, 2.75) is 13.3 Å². The maximum atomic E-state index is 13.4. The number of Topliss-reactive ketones (excluding diaryl/α,β-unsaturated/α-hetero) is 1. The number of benzene rings is 1. The van der Waals surface area contributed by atoms with Crippen molar-refractivity contribution >= 4 is 11.8 Å². The summed E-state index contributed by atoms with van der Waals surface area (Å²) in [5, 5.41) is 0. The number of hydrogen-bond acceptors (Lipinski definition) is 3. The van der Waals surface area contributed by atoms with Gasteiger partial charge >= 0.3 is 5.97 Å². The molecule has 0 spiro atoms. The predicted octanol–water partition coefficient (Wildman–Crippen LogP) is 1.88. The standard InChI is InChI=1S/C11H11FO3/c1-7-4-3-5-8(11(7)12)9(13)6-10(14)15-2/h3-5H,6H2,1-2H3. The zero-order valence-electron chi connectivity index (χ0n) is 8.54. The molecule has 0 heterocycles. The molecule has 0 aromatic heterocycles. The van der Waals surface area contributed by atoms with Gasteiger partial charge in [0.05, 0.1) is 12.7 Å². The third kappa shape index (κ3) is 2.62. The van der Waals surface area contributed by atoms with Crippen LogP contribution in [0.5, 0.6) is 0 Å². The summed E-state index contributed by atoms with van der Waals surface area (Å²) in [6, 6.07) is 4.49. The minimum absolute atomic E-state index is 0.0691. The van der Waals surface area contributed by atoms with Gasteiger partial charge in [0.25, 0.3) is 0 Å². The van der Waals surface area contributed by atoms with Gasteiger partial charge in [-0.3, -0.25) is 9.59 Å². The summed E-state index contributed by atoms with van der Waals surface area (Å²) in [4.78, 5) is 22.3. The lowest BCUT2D eigenvalue weighted by atomic mass is 10.0. The summed E-state index contributed by atoms with van der Waals surface area (Å²) in [5.74, 6) is -1.81. The lowest BCUT2D eigenvalue weighted by Crippen LogP contribution is -2.11. The molecule has 3 nitrogen and oxygen atoms in total. The minimum Gasteiger partial charge on any atom is -0.469 e. The van der Waals surface area contributed by atoms with E-state index in [4.69, 9.17) is 0 Å². The van der Waals surface area contributed by atoms with Crippen molar-refractivity contribution in [2.75, 3.05) is 7.11 Å². The first kappa shape index (κ1) is 11.4. The molecule has 0 amide bonds. The molecule has 1 rings (SSSR count). The van der Waals surface area contributed by atoms with Crippen LogP contribution in [0.3, 0.4) is 0 Å². The first-order valence-electron chi connectivity index (χ1n) is 4.41. The van der Waals surface area contributed by atoms with Crippen molar-refractivity contribution in [3.8, 4) is 0 Å². The zero-order chi connectivity index (χ0) is 11.4. The lowest BCUT2D eigenvalue weighted by molar-refractivity contribution is -0.139. The van der Waals surface area contributed by atoms with E-state index in [9.17, 15) is 14.0 Å². The van der Waals surface area contributed by atoms with Gasteiger partial charge in [-0.15, -0.1) is 0 Å². The molecular weight excluding hydrogens is 199 g/mol. The van der Waals surface area contributed by atoms with Crippen LogP contribution < -0.4 is 0 Å². The normalized spacial score (nSPS) is 9.80. The molecule has 0 N–H and O–H groups in total. The maximum absolute atomic E-state index is 13.4. The molecule has 0 atom stereocenters. The SMILES string of the molecule is COC(=O)CC(=O)c1cccc(C)c1F. The van der Waals surface area contributed by atoms with E-state index in [0.29, 0.717) is 5.56 Å². The molecule has 0 saturated heterocycles. The van der Waals surface area contributed by atoms with E-state index in [0.717, 1.165) is 0 Å². The van der Waals surface area contributed by atoms with Crippen molar-refractivity contribution < 1.29 is 18.7 Å². The first-order chi connectivity index (χ1) is 7.06. The van der Waals surface area contributed by atoms with Crippen LogP contribution in [-0.4, -0.2) is 18.9 Å². The van der Waals surface area contributed by atoms with E-state index in [2.05, 4.69) is 4.74 Å². The van der Waals surface area contributed by atoms with Crippen molar-refractivity contribution in [3.63, 3.8) is 0 Å². The monoisotopic (exact) mass is 210 g/mol. The Kier molecular flexibility index (Phi) is 3.55. The summed E-state index contributed by atoms with van der Waals surface area (Å²) in [6.45, 7) is 1.56. The fraction of sp³-hybridized carbons (Fsp3) is 0.273. The molecule has 1 aromatic carbocycles. The number of hydrogen-bond donors (Lipinski definition) is 0. The Labute approximate surface area is 86.9 Å². The van der Waals surface area contributed by atoms with Crippen LogP contribution in [-0.2, 0) is 9.53 Å². The van der Waals surface area contributed by atoms with Crippen LogP contribution in [0, 0.1) is 12.7 Å². The van der Waals surface area contributed by atoms with Crippen LogP contribution in [0.2, 0.25) is 0 Å². The highest BCUT2D eigenvalue weighted by Crippen LogP contribution is 2.13. The van der Waals surface area contributed by atoms with Crippen molar-refractivity contribution in [2.24, 2.45) is 0 Å². The topological polar surface area (TPSA) is 43.4 Å². The molecule has 0 unspecified atom stereocenters. The van der Waals surface area contributed by atoms with E-state index >= 15 is 0 Å². The molecule has 0 aliphatic rings. The quantitative estimate of drug-likeness (QED) is 0.434. The molecule has 15 heavy (non-hydrogen) atoms. The molecule has 0 aliphatic heterocycles. The molecule has 0 fully saturated rings. The summed E-state index contributed by atoms with van der Waals surface area (Å²) < 4.78 is 17.8. The lowest BCUT2D eigenvalue weighted by Gasteiger charge is -2.03. The van der Waals surface area contributed by atoms with E-state index < -0.39 is 24.0 Å². The van der Waals surface area contributed by atoms with Crippen LogP contribution >= 0.6 is 0 Å². The molecule has 80 valence electrons. The highest BCUT2D eigenvalue weighted by atomic mass is 19.1. The molecular formula is C11H11FO3. The Balaban J connectivity index is 2.92. The summed E-state index contributed by atoms with van der Waals surface area (Å²) >= 11 is 0. The smallest absolute Gasteiger partial charge is 0.313 e. The number of halogens is 1. The Morgan fingerprint density at radius 2 is 2.07 bits per heavy atom. The van der Waals surface area contributed by atoms with E-state index in [1.807, 2.05) is 0 Å². The largest absolute Gasteiger partial charge is 0.469 e. The second kappa shape index (κ2) is 4.68. The number of aryl methyl sites for hydroxylation is 1. The second-order valence-electron chi connectivity index (χ2n) is 3.11. The Bertz CT molecular complexity index is 399. The van der Waals surface area contributed by atoms with Crippen LogP contribution in [0.15, 0.2) is 18.2 Å². The molecule has 0 radical (unpaired) electrons. The molecule has 0 aliphatic carbocycles. The maximum Gasteiger partial charge on any atom is 0.313 e.